The number of nitrogens with zero attached hydrogens (tertiary/aromatic N) is 3. The molecular formula is C11H12BrN3O2S3. The van der Waals surface area contributed by atoms with Crippen molar-refractivity contribution in [1.29, 1.82) is 0 Å². The fraction of sp³-hybridized carbons (Fsp3) is 0.455. The van der Waals surface area contributed by atoms with E-state index in [9.17, 15) is 4.79 Å². The van der Waals surface area contributed by atoms with E-state index in [-0.39, 0.29) is 11.8 Å². The molecule has 2 heterocycles. The van der Waals surface area contributed by atoms with Crippen LogP contribution < -0.4 is 0 Å². The van der Waals surface area contributed by atoms with Crippen molar-refractivity contribution in [2.45, 2.75) is 41.3 Å². The van der Waals surface area contributed by atoms with E-state index in [1.54, 1.807) is 11.3 Å². The Bertz CT molecular complexity index is 633. The van der Waals surface area contributed by atoms with E-state index < -0.39 is 5.97 Å². The second kappa shape index (κ2) is 6.08. The Hall–Kier alpha value is -0.510. The number of halogens is 1. The number of carboxylic acids is 1. The summed E-state index contributed by atoms with van der Waals surface area (Å²) in [7, 11) is 0. The number of thiazole rings is 1. The lowest BCUT2D eigenvalue weighted by Gasteiger charge is -2.15. The first-order valence-corrected chi connectivity index (χ1v) is 8.89. The minimum absolute atomic E-state index is 0.0241. The summed E-state index contributed by atoms with van der Waals surface area (Å²) in [6.07, 6.45) is -0.0902. The molecule has 0 fully saturated rings. The van der Waals surface area contributed by atoms with E-state index in [2.05, 4.69) is 51.9 Å². The maximum absolute atomic E-state index is 10.6. The highest BCUT2D eigenvalue weighted by Crippen LogP contribution is 2.40. The van der Waals surface area contributed by atoms with Gasteiger partial charge in [-0.3, -0.25) is 4.79 Å². The Kier molecular flexibility index (Phi) is 4.83. The van der Waals surface area contributed by atoms with E-state index in [1.807, 2.05) is 0 Å². The van der Waals surface area contributed by atoms with Crippen LogP contribution in [0.2, 0.25) is 0 Å². The molecule has 1 N–H and O–H groups in total. The minimum atomic E-state index is -0.898. The standard InChI is InChI=1S/C11H12BrN3O2S3/c1-11(2,3)7-8(12)19-9(13-7)20-10-15-14-5(18-10)4-6(16)17/h4H2,1-3H3,(H,16,17). The van der Waals surface area contributed by atoms with Crippen molar-refractivity contribution >= 4 is 56.3 Å². The van der Waals surface area contributed by atoms with Gasteiger partial charge in [0.1, 0.15) is 5.01 Å². The van der Waals surface area contributed by atoms with Gasteiger partial charge in [0.2, 0.25) is 0 Å². The number of rotatable bonds is 4. The van der Waals surface area contributed by atoms with Gasteiger partial charge < -0.3 is 5.11 Å². The van der Waals surface area contributed by atoms with Crippen molar-refractivity contribution in [1.82, 2.24) is 15.2 Å². The predicted octanol–water partition coefficient (Wildman–Crippen LogP) is 3.83. The van der Waals surface area contributed by atoms with Crippen molar-refractivity contribution in [3.8, 4) is 0 Å². The van der Waals surface area contributed by atoms with E-state index in [1.165, 1.54) is 23.1 Å². The first-order valence-electron chi connectivity index (χ1n) is 5.64. The van der Waals surface area contributed by atoms with Crippen LogP contribution in [0.5, 0.6) is 0 Å². The molecule has 0 saturated carbocycles. The highest BCUT2D eigenvalue weighted by atomic mass is 79.9. The van der Waals surface area contributed by atoms with Gasteiger partial charge in [0, 0.05) is 5.41 Å². The van der Waals surface area contributed by atoms with Crippen molar-refractivity contribution < 1.29 is 9.90 Å². The Balaban J connectivity index is 2.14. The molecule has 0 aliphatic heterocycles. The molecular weight excluding hydrogens is 382 g/mol. The molecule has 2 aromatic heterocycles. The van der Waals surface area contributed by atoms with Crippen LogP contribution in [0.15, 0.2) is 12.5 Å². The third-order valence-electron chi connectivity index (χ3n) is 2.20. The molecule has 9 heteroatoms. The van der Waals surface area contributed by atoms with Crippen LogP contribution in [0.1, 0.15) is 31.5 Å². The molecule has 0 aliphatic rings. The maximum atomic E-state index is 10.6. The highest BCUT2D eigenvalue weighted by molar-refractivity contribution is 9.11. The first kappa shape index (κ1) is 15.9. The second-order valence-corrected chi connectivity index (χ2v) is 9.86. The van der Waals surface area contributed by atoms with Crippen molar-refractivity contribution in [2.24, 2.45) is 0 Å². The van der Waals surface area contributed by atoms with Gasteiger partial charge in [-0.05, 0) is 27.7 Å². The number of carboxylic acid groups (broad SMARTS) is 1. The molecule has 0 amide bonds. The van der Waals surface area contributed by atoms with E-state index in [0.29, 0.717) is 9.35 Å². The van der Waals surface area contributed by atoms with Crippen LogP contribution in [0.3, 0.4) is 0 Å². The fourth-order valence-electron chi connectivity index (χ4n) is 1.34. The normalized spacial score (nSPS) is 11.8. The molecule has 0 bridgehead atoms. The topological polar surface area (TPSA) is 76.0 Å². The Morgan fingerprint density at radius 3 is 2.55 bits per heavy atom. The number of carbonyl (C=O) groups is 1. The maximum Gasteiger partial charge on any atom is 0.310 e. The van der Waals surface area contributed by atoms with E-state index in [0.717, 1.165) is 13.8 Å². The predicted molar refractivity (Wildman–Crippen MR) is 83.9 cm³/mol. The molecule has 20 heavy (non-hydrogen) atoms. The van der Waals surface area contributed by atoms with E-state index in [4.69, 9.17) is 5.11 Å². The summed E-state index contributed by atoms with van der Waals surface area (Å²) >= 11 is 7.79. The summed E-state index contributed by atoms with van der Waals surface area (Å²) in [4.78, 5) is 15.2. The Morgan fingerprint density at radius 1 is 1.30 bits per heavy atom. The third kappa shape index (κ3) is 4.00. The van der Waals surface area contributed by atoms with Crippen LogP contribution in [0.4, 0.5) is 0 Å². The molecule has 5 nitrogen and oxygen atoms in total. The molecule has 0 atom stereocenters. The number of aliphatic carboxylic acids is 1. The van der Waals surface area contributed by atoms with Crippen LogP contribution in [0, 0.1) is 0 Å². The summed E-state index contributed by atoms with van der Waals surface area (Å²) in [5.74, 6) is -0.898. The average molecular weight is 394 g/mol. The zero-order chi connectivity index (χ0) is 14.9. The van der Waals surface area contributed by atoms with Crippen molar-refractivity contribution in [2.75, 3.05) is 0 Å². The van der Waals surface area contributed by atoms with Gasteiger partial charge in [-0.25, -0.2) is 4.98 Å². The quantitative estimate of drug-likeness (QED) is 0.850. The SMILES string of the molecule is CC(C)(C)c1nc(Sc2nnc(CC(=O)O)s2)sc1Br. The van der Waals surface area contributed by atoms with Gasteiger partial charge in [0.05, 0.1) is 15.9 Å². The summed E-state index contributed by atoms with van der Waals surface area (Å²) in [5, 5.41) is 17.1. The van der Waals surface area contributed by atoms with Crippen LogP contribution in [0.25, 0.3) is 0 Å². The largest absolute Gasteiger partial charge is 0.481 e. The lowest BCUT2D eigenvalue weighted by molar-refractivity contribution is -0.136. The van der Waals surface area contributed by atoms with Gasteiger partial charge in [-0.2, -0.15) is 0 Å². The highest BCUT2D eigenvalue weighted by Gasteiger charge is 2.23. The average Bonchev–Trinajstić information content (AvgIpc) is 2.84. The number of hydrogen-bond donors (Lipinski definition) is 1. The zero-order valence-electron chi connectivity index (χ0n) is 11.0. The van der Waals surface area contributed by atoms with E-state index >= 15 is 0 Å². The molecule has 0 unspecified atom stereocenters. The minimum Gasteiger partial charge on any atom is -0.481 e. The third-order valence-corrected chi connectivity index (χ3v) is 5.94. The monoisotopic (exact) mass is 393 g/mol. The Morgan fingerprint density at radius 2 is 2.00 bits per heavy atom. The molecule has 0 saturated heterocycles. The summed E-state index contributed by atoms with van der Waals surface area (Å²) in [6, 6.07) is 0. The summed E-state index contributed by atoms with van der Waals surface area (Å²) in [6.45, 7) is 6.32. The second-order valence-electron chi connectivity index (χ2n) is 4.99. The molecule has 108 valence electrons. The lowest BCUT2D eigenvalue weighted by Crippen LogP contribution is -2.12. The van der Waals surface area contributed by atoms with Crippen molar-refractivity contribution in [3.05, 3.63) is 14.5 Å². The molecule has 0 radical (unpaired) electrons. The van der Waals surface area contributed by atoms with Gasteiger partial charge in [-0.1, -0.05) is 43.4 Å². The lowest BCUT2D eigenvalue weighted by atomic mass is 9.93. The molecule has 2 rings (SSSR count). The summed E-state index contributed by atoms with van der Waals surface area (Å²) in [5.41, 5.74) is 0.990. The van der Waals surface area contributed by atoms with Crippen LogP contribution >= 0.6 is 50.4 Å². The van der Waals surface area contributed by atoms with Gasteiger partial charge in [-0.15, -0.1) is 10.2 Å². The first-order chi connectivity index (χ1) is 9.25. The summed E-state index contributed by atoms with van der Waals surface area (Å²) < 4.78 is 2.60. The molecule has 0 aromatic carbocycles. The molecule has 0 aliphatic carbocycles. The van der Waals surface area contributed by atoms with Crippen LogP contribution in [-0.2, 0) is 16.6 Å². The van der Waals surface area contributed by atoms with Gasteiger partial charge in [0.25, 0.3) is 0 Å². The van der Waals surface area contributed by atoms with Gasteiger partial charge >= 0.3 is 5.97 Å². The fourth-order valence-corrected chi connectivity index (χ4v) is 5.98. The molecule has 0 spiro atoms. The zero-order valence-corrected chi connectivity index (χ0v) is 15.0. The number of aromatic nitrogens is 3. The number of hydrogen-bond acceptors (Lipinski definition) is 7. The van der Waals surface area contributed by atoms with Crippen LogP contribution in [-0.4, -0.2) is 26.3 Å². The molecule has 2 aromatic rings. The Labute approximate surface area is 137 Å². The smallest absolute Gasteiger partial charge is 0.310 e. The van der Waals surface area contributed by atoms with Crippen molar-refractivity contribution in [3.63, 3.8) is 0 Å². The van der Waals surface area contributed by atoms with Gasteiger partial charge in [0.15, 0.2) is 8.68 Å².